The maximum absolute atomic E-state index is 9.67. The summed E-state index contributed by atoms with van der Waals surface area (Å²) in [6.07, 6.45) is 0.348. The highest BCUT2D eigenvalue weighted by Crippen LogP contribution is 2.27. The van der Waals surface area contributed by atoms with Crippen molar-refractivity contribution in [3.05, 3.63) is 54.1 Å². The van der Waals surface area contributed by atoms with Gasteiger partial charge in [-0.3, -0.25) is 0 Å². The van der Waals surface area contributed by atoms with E-state index in [2.05, 4.69) is 22.8 Å². The Morgan fingerprint density at radius 3 is 2.52 bits per heavy atom. The van der Waals surface area contributed by atoms with Crippen molar-refractivity contribution in [3.63, 3.8) is 0 Å². The van der Waals surface area contributed by atoms with Gasteiger partial charge in [0.15, 0.2) is 0 Å². The normalized spacial score (nSPS) is 14.1. The lowest BCUT2D eigenvalue weighted by molar-refractivity contribution is 0.178. The number of fused-ring (bicyclic) bond motifs is 1. The minimum Gasteiger partial charge on any atom is -0.393 e. The van der Waals surface area contributed by atoms with Crippen LogP contribution in [0.2, 0.25) is 0 Å². The predicted octanol–water partition coefficient (Wildman–Crippen LogP) is 3.49. The number of nitrogens with two attached hydrogens (primary N) is 1. The molecule has 0 saturated carbocycles. The van der Waals surface area contributed by atoms with Crippen molar-refractivity contribution in [3.8, 4) is 11.4 Å². The van der Waals surface area contributed by atoms with E-state index < -0.39 is 0 Å². The Bertz CT molecular complexity index is 791. The van der Waals surface area contributed by atoms with Crippen LogP contribution in [-0.4, -0.2) is 20.8 Å². The number of imidazole rings is 1. The fourth-order valence-corrected chi connectivity index (χ4v) is 2.77. The second kappa shape index (κ2) is 6.52. The molecule has 4 heteroatoms. The molecule has 2 unspecified atom stereocenters. The summed E-state index contributed by atoms with van der Waals surface area (Å²) in [7, 11) is 0. The molecule has 4 nitrogen and oxygen atoms in total. The van der Waals surface area contributed by atoms with Gasteiger partial charge in [-0.2, -0.15) is 0 Å². The fourth-order valence-electron chi connectivity index (χ4n) is 2.77. The Labute approximate surface area is 136 Å². The quantitative estimate of drug-likeness (QED) is 0.758. The Hall–Kier alpha value is -2.17. The summed E-state index contributed by atoms with van der Waals surface area (Å²) in [5.41, 5.74) is 10.2. The SMILES string of the molecule is CC(O)CCn1c(-c2ccccc2)nc2ccc(C(C)N)cc21. The van der Waals surface area contributed by atoms with Crippen LogP contribution in [0.5, 0.6) is 0 Å². The number of nitrogens with zero attached hydrogens (tertiary/aromatic N) is 2. The van der Waals surface area contributed by atoms with E-state index >= 15 is 0 Å². The molecule has 0 aliphatic heterocycles. The molecule has 0 amide bonds. The minimum absolute atomic E-state index is 0.0142. The van der Waals surface area contributed by atoms with Gasteiger partial charge in [0.25, 0.3) is 0 Å². The molecule has 3 rings (SSSR count). The van der Waals surface area contributed by atoms with E-state index in [0.717, 1.165) is 34.5 Å². The van der Waals surface area contributed by atoms with Gasteiger partial charge in [0.2, 0.25) is 0 Å². The first kappa shape index (κ1) is 15.7. The van der Waals surface area contributed by atoms with Crippen LogP contribution in [-0.2, 0) is 6.54 Å². The van der Waals surface area contributed by atoms with Crippen molar-refractivity contribution in [1.29, 1.82) is 0 Å². The van der Waals surface area contributed by atoms with Crippen molar-refractivity contribution in [2.45, 2.75) is 39.0 Å². The highest BCUT2D eigenvalue weighted by molar-refractivity contribution is 5.81. The van der Waals surface area contributed by atoms with Crippen LogP contribution >= 0.6 is 0 Å². The van der Waals surface area contributed by atoms with Gasteiger partial charge in [0.1, 0.15) is 5.82 Å². The smallest absolute Gasteiger partial charge is 0.141 e. The first-order valence-electron chi connectivity index (χ1n) is 8.05. The molecule has 23 heavy (non-hydrogen) atoms. The number of hydrogen-bond donors (Lipinski definition) is 2. The average Bonchev–Trinajstić information content (AvgIpc) is 2.91. The van der Waals surface area contributed by atoms with Gasteiger partial charge in [0.05, 0.1) is 17.1 Å². The molecular formula is C19H23N3O. The molecule has 0 fully saturated rings. The molecule has 0 saturated heterocycles. The lowest BCUT2D eigenvalue weighted by Crippen LogP contribution is -2.09. The van der Waals surface area contributed by atoms with Crippen LogP contribution in [0.1, 0.15) is 31.9 Å². The van der Waals surface area contributed by atoms with Crippen molar-refractivity contribution in [2.75, 3.05) is 0 Å². The summed E-state index contributed by atoms with van der Waals surface area (Å²) in [6, 6.07) is 16.3. The molecule has 2 aromatic carbocycles. The lowest BCUT2D eigenvalue weighted by atomic mass is 10.1. The molecule has 0 aliphatic rings. The van der Waals surface area contributed by atoms with E-state index in [4.69, 9.17) is 10.7 Å². The number of aliphatic hydroxyl groups is 1. The minimum atomic E-state index is -0.340. The maximum Gasteiger partial charge on any atom is 0.141 e. The molecule has 0 spiro atoms. The average molecular weight is 309 g/mol. The van der Waals surface area contributed by atoms with E-state index in [-0.39, 0.29) is 12.1 Å². The molecule has 3 N–H and O–H groups in total. The lowest BCUT2D eigenvalue weighted by Gasteiger charge is -2.12. The second-order valence-corrected chi connectivity index (χ2v) is 6.13. The van der Waals surface area contributed by atoms with Crippen LogP contribution in [0, 0.1) is 0 Å². The molecule has 1 heterocycles. The van der Waals surface area contributed by atoms with Crippen LogP contribution in [0.4, 0.5) is 0 Å². The standard InChI is InChI=1S/C19H23N3O/c1-13(23)10-11-22-18-12-16(14(2)20)8-9-17(18)21-19(22)15-6-4-3-5-7-15/h3-9,12-14,23H,10-11,20H2,1-2H3. The van der Waals surface area contributed by atoms with Gasteiger partial charge < -0.3 is 15.4 Å². The second-order valence-electron chi connectivity index (χ2n) is 6.13. The number of aryl methyl sites for hydroxylation is 1. The van der Waals surface area contributed by atoms with E-state index in [1.165, 1.54) is 0 Å². The van der Waals surface area contributed by atoms with Gasteiger partial charge in [-0.25, -0.2) is 4.98 Å². The van der Waals surface area contributed by atoms with E-state index in [1.807, 2.05) is 44.2 Å². The van der Waals surface area contributed by atoms with Crippen molar-refractivity contribution in [1.82, 2.24) is 9.55 Å². The first-order valence-corrected chi connectivity index (χ1v) is 8.05. The van der Waals surface area contributed by atoms with Crippen LogP contribution in [0.3, 0.4) is 0 Å². The summed E-state index contributed by atoms with van der Waals surface area (Å²) >= 11 is 0. The molecule has 3 aromatic rings. The van der Waals surface area contributed by atoms with E-state index in [9.17, 15) is 5.11 Å². The molecule has 120 valence electrons. The summed E-state index contributed by atoms with van der Waals surface area (Å²) in [5, 5.41) is 9.67. The third kappa shape index (κ3) is 3.28. The molecule has 2 atom stereocenters. The van der Waals surface area contributed by atoms with Gasteiger partial charge in [0, 0.05) is 18.2 Å². The molecule has 0 bridgehead atoms. The van der Waals surface area contributed by atoms with Gasteiger partial charge in [-0.15, -0.1) is 0 Å². The zero-order valence-corrected chi connectivity index (χ0v) is 13.6. The summed E-state index contributed by atoms with van der Waals surface area (Å²) in [6.45, 7) is 4.52. The van der Waals surface area contributed by atoms with Crippen molar-refractivity contribution in [2.24, 2.45) is 5.73 Å². The summed E-state index contributed by atoms with van der Waals surface area (Å²) < 4.78 is 2.18. The molecule has 0 radical (unpaired) electrons. The van der Waals surface area contributed by atoms with E-state index in [0.29, 0.717) is 6.42 Å². The Morgan fingerprint density at radius 1 is 1.13 bits per heavy atom. The highest BCUT2D eigenvalue weighted by Gasteiger charge is 2.14. The number of benzene rings is 2. The number of hydrogen-bond acceptors (Lipinski definition) is 3. The Morgan fingerprint density at radius 2 is 1.87 bits per heavy atom. The van der Waals surface area contributed by atoms with E-state index in [1.54, 1.807) is 0 Å². The van der Waals surface area contributed by atoms with Crippen molar-refractivity contribution >= 4 is 11.0 Å². The monoisotopic (exact) mass is 309 g/mol. The molecule has 1 aromatic heterocycles. The van der Waals surface area contributed by atoms with Gasteiger partial charge >= 0.3 is 0 Å². The van der Waals surface area contributed by atoms with Crippen LogP contribution < -0.4 is 5.73 Å². The van der Waals surface area contributed by atoms with Crippen LogP contribution in [0.25, 0.3) is 22.4 Å². The highest BCUT2D eigenvalue weighted by atomic mass is 16.3. The third-order valence-electron chi connectivity index (χ3n) is 4.10. The summed E-state index contributed by atoms with van der Waals surface area (Å²) in [5.74, 6) is 0.933. The number of rotatable bonds is 5. The number of aromatic nitrogens is 2. The first-order chi connectivity index (χ1) is 11.1. The number of aliphatic hydroxyl groups excluding tert-OH is 1. The summed E-state index contributed by atoms with van der Waals surface area (Å²) in [4.78, 5) is 4.80. The molecule has 0 aliphatic carbocycles. The molecular weight excluding hydrogens is 286 g/mol. The fraction of sp³-hybridized carbons (Fsp3) is 0.316. The Balaban J connectivity index is 2.16. The van der Waals surface area contributed by atoms with Crippen molar-refractivity contribution < 1.29 is 5.11 Å². The van der Waals surface area contributed by atoms with Crippen LogP contribution in [0.15, 0.2) is 48.5 Å². The van der Waals surface area contributed by atoms with Gasteiger partial charge in [-0.1, -0.05) is 36.4 Å². The topological polar surface area (TPSA) is 64.1 Å². The predicted molar refractivity (Wildman–Crippen MR) is 94.1 cm³/mol. The maximum atomic E-state index is 9.67. The zero-order chi connectivity index (χ0) is 16.4. The zero-order valence-electron chi connectivity index (χ0n) is 13.6. The van der Waals surface area contributed by atoms with Gasteiger partial charge in [-0.05, 0) is 38.0 Å². The Kier molecular flexibility index (Phi) is 4.46. The largest absolute Gasteiger partial charge is 0.393 e. The third-order valence-corrected chi connectivity index (χ3v) is 4.10.